The summed E-state index contributed by atoms with van der Waals surface area (Å²) in [6.45, 7) is 1.60. The van der Waals surface area contributed by atoms with Gasteiger partial charge in [0, 0.05) is 13.6 Å². The molecule has 1 N–H and O–H groups in total. The Hall–Kier alpha value is -1.20. The van der Waals surface area contributed by atoms with Gasteiger partial charge in [-0.05, 0) is 22.4 Å². The Morgan fingerprint density at radius 1 is 1.50 bits per heavy atom. The van der Waals surface area contributed by atoms with Gasteiger partial charge < -0.3 is 5.32 Å². The van der Waals surface area contributed by atoms with Crippen LogP contribution in [0.3, 0.4) is 0 Å². The van der Waals surface area contributed by atoms with Crippen LogP contribution < -0.4 is 5.32 Å². The summed E-state index contributed by atoms with van der Waals surface area (Å²) in [6, 6.07) is 2.11. The molecule has 0 aliphatic heterocycles. The highest BCUT2D eigenvalue weighted by atomic mass is 32.1. The number of aromatic nitrogens is 3. The molecular formula is C9H12N4S. The lowest BCUT2D eigenvalue weighted by molar-refractivity contribution is 0.650. The lowest BCUT2D eigenvalue weighted by Crippen LogP contribution is -2.13. The molecule has 0 aliphatic rings. The van der Waals surface area contributed by atoms with E-state index in [9.17, 15) is 0 Å². The maximum absolute atomic E-state index is 4.18. The first kappa shape index (κ1) is 9.36. The van der Waals surface area contributed by atoms with Gasteiger partial charge >= 0.3 is 0 Å². The fraction of sp³-hybridized carbons (Fsp3) is 0.333. The van der Waals surface area contributed by atoms with Crippen molar-refractivity contribution in [3.63, 3.8) is 0 Å². The average Bonchev–Trinajstić information content (AvgIpc) is 2.77. The van der Waals surface area contributed by atoms with Crippen molar-refractivity contribution in [3.05, 3.63) is 34.5 Å². The van der Waals surface area contributed by atoms with Crippen molar-refractivity contribution in [1.29, 1.82) is 0 Å². The Morgan fingerprint density at radius 2 is 2.43 bits per heavy atom. The maximum Gasteiger partial charge on any atom is 0.164 e. The Bertz CT molecular complexity index is 379. The lowest BCUT2D eigenvalue weighted by atomic mass is 10.3. The summed E-state index contributed by atoms with van der Waals surface area (Å²) in [5.41, 5.74) is 1.31. The molecule has 0 aromatic carbocycles. The summed E-state index contributed by atoms with van der Waals surface area (Å²) in [4.78, 5) is 4.13. The molecule has 0 amide bonds. The van der Waals surface area contributed by atoms with Crippen LogP contribution in [0.1, 0.15) is 11.4 Å². The monoisotopic (exact) mass is 208 g/mol. The smallest absolute Gasteiger partial charge is 0.164 e. The Balaban J connectivity index is 1.78. The number of nitrogens with zero attached hydrogens (tertiary/aromatic N) is 3. The molecule has 0 spiro atoms. The highest BCUT2D eigenvalue weighted by Gasteiger charge is 1.97. The van der Waals surface area contributed by atoms with Gasteiger partial charge in [-0.25, -0.2) is 4.98 Å². The minimum atomic E-state index is 0.719. The topological polar surface area (TPSA) is 42.7 Å². The molecular weight excluding hydrogens is 196 g/mol. The van der Waals surface area contributed by atoms with Crippen molar-refractivity contribution >= 4 is 11.3 Å². The minimum absolute atomic E-state index is 0.719. The Kier molecular flexibility index (Phi) is 2.90. The van der Waals surface area contributed by atoms with Crippen LogP contribution in [-0.2, 0) is 20.1 Å². The van der Waals surface area contributed by atoms with E-state index in [1.54, 1.807) is 22.3 Å². The van der Waals surface area contributed by atoms with Crippen molar-refractivity contribution in [2.75, 3.05) is 0 Å². The first-order chi connectivity index (χ1) is 6.84. The van der Waals surface area contributed by atoms with Gasteiger partial charge in [-0.15, -0.1) is 0 Å². The zero-order valence-corrected chi connectivity index (χ0v) is 8.79. The quantitative estimate of drug-likeness (QED) is 0.820. The third kappa shape index (κ3) is 2.40. The predicted octanol–water partition coefficient (Wildman–Crippen LogP) is 1.17. The van der Waals surface area contributed by atoms with Gasteiger partial charge in [0.05, 0.1) is 6.54 Å². The highest BCUT2D eigenvalue weighted by molar-refractivity contribution is 7.07. The molecule has 0 bridgehead atoms. The number of thiophene rings is 1. The van der Waals surface area contributed by atoms with Crippen molar-refractivity contribution in [2.24, 2.45) is 7.05 Å². The van der Waals surface area contributed by atoms with Crippen LogP contribution in [0.2, 0.25) is 0 Å². The van der Waals surface area contributed by atoms with Crippen molar-refractivity contribution in [3.8, 4) is 0 Å². The highest BCUT2D eigenvalue weighted by Crippen LogP contribution is 2.04. The number of hydrogen-bond donors (Lipinski definition) is 1. The Labute approximate surface area is 86.6 Å². The maximum atomic E-state index is 4.18. The predicted molar refractivity (Wildman–Crippen MR) is 55.9 cm³/mol. The fourth-order valence-electron chi connectivity index (χ4n) is 1.18. The molecule has 0 fully saturated rings. The normalized spacial score (nSPS) is 10.6. The first-order valence-corrected chi connectivity index (χ1v) is 5.35. The number of rotatable bonds is 4. The van der Waals surface area contributed by atoms with Gasteiger partial charge in [-0.3, -0.25) is 4.68 Å². The molecule has 4 nitrogen and oxygen atoms in total. The fourth-order valence-corrected chi connectivity index (χ4v) is 1.85. The zero-order valence-electron chi connectivity index (χ0n) is 7.97. The van der Waals surface area contributed by atoms with Crippen LogP contribution >= 0.6 is 11.3 Å². The number of hydrogen-bond acceptors (Lipinski definition) is 4. The minimum Gasteiger partial charge on any atom is -0.306 e. The average molecular weight is 208 g/mol. The molecule has 0 unspecified atom stereocenters. The van der Waals surface area contributed by atoms with Crippen LogP contribution in [0.5, 0.6) is 0 Å². The second-order valence-electron chi connectivity index (χ2n) is 3.07. The summed E-state index contributed by atoms with van der Waals surface area (Å²) in [5, 5.41) is 11.7. The molecule has 0 saturated heterocycles. The molecule has 74 valence electrons. The van der Waals surface area contributed by atoms with Crippen molar-refractivity contribution in [1.82, 2.24) is 20.1 Å². The van der Waals surface area contributed by atoms with Crippen LogP contribution in [0.25, 0.3) is 0 Å². The second-order valence-corrected chi connectivity index (χ2v) is 3.85. The zero-order chi connectivity index (χ0) is 9.80. The molecule has 5 heteroatoms. The largest absolute Gasteiger partial charge is 0.306 e. The molecule has 14 heavy (non-hydrogen) atoms. The number of nitrogens with one attached hydrogen (secondary N) is 1. The Morgan fingerprint density at radius 3 is 3.07 bits per heavy atom. The van der Waals surface area contributed by atoms with E-state index in [1.165, 1.54) is 5.56 Å². The van der Waals surface area contributed by atoms with E-state index in [-0.39, 0.29) is 0 Å². The van der Waals surface area contributed by atoms with Crippen LogP contribution in [0.4, 0.5) is 0 Å². The molecule has 2 aromatic rings. The third-order valence-electron chi connectivity index (χ3n) is 1.84. The van der Waals surface area contributed by atoms with E-state index in [2.05, 4.69) is 32.2 Å². The summed E-state index contributed by atoms with van der Waals surface area (Å²) in [5.74, 6) is 0.836. The molecule has 2 rings (SSSR count). The van der Waals surface area contributed by atoms with Crippen LogP contribution in [0, 0.1) is 0 Å². The molecule has 0 saturated carbocycles. The van der Waals surface area contributed by atoms with Gasteiger partial charge in [0.25, 0.3) is 0 Å². The van der Waals surface area contributed by atoms with E-state index in [4.69, 9.17) is 0 Å². The first-order valence-electron chi connectivity index (χ1n) is 4.41. The van der Waals surface area contributed by atoms with E-state index in [0.717, 1.165) is 18.9 Å². The molecule has 2 heterocycles. The molecule has 0 radical (unpaired) electrons. The molecule has 0 aliphatic carbocycles. The van der Waals surface area contributed by atoms with Crippen LogP contribution in [0.15, 0.2) is 23.2 Å². The van der Waals surface area contributed by atoms with Crippen LogP contribution in [-0.4, -0.2) is 14.8 Å². The van der Waals surface area contributed by atoms with E-state index in [1.807, 2.05) is 7.05 Å². The lowest BCUT2D eigenvalue weighted by Gasteiger charge is -1.98. The van der Waals surface area contributed by atoms with Gasteiger partial charge in [0.1, 0.15) is 6.33 Å². The van der Waals surface area contributed by atoms with Gasteiger partial charge in [-0.1, -0.05) is 0 Å². The summed E-state index contributed by atoms with van der Waals surface area (Å²) in [6.07, 6.45) is 1.71. The third-order valence-corrected chi connectivity index (χ3v) is 2.57. The van der Waals surface area contributed by atoms with Gasteiger partial charge in [0.2, 0.25) is 0 Å². The van der Waals surface area contributed by atoms with Crippen molar-refractivity contribution < 1.29 is 0 Å². The summed E-state index contributed by atoms with van der Waals surface area (Å²) in [7, 11) is 1.87. The van der Waals surface area contributed by atoms with Crippen molar-refractivity contribution in [2.45, 2.75) is 13.1 Å². The van der Waals surface area contributed by atoms with E-state index >= 15 is 0 Å². The summed E-state index contributed by atoms with van der Waals surface area (Å²) < 4.78 is 1.71. The van der Waals surface area contributed by atoms with Gasteiger partial charge in [0.15, 0.2) is 5.82 Å². The molecule has 2 aromatic heterocycles. The SMILES string of the molecule is Cn1cnc(CNCc2ccsc2)n1. The second kappa shape index (κ2) is 4.34. The number of aryl methyl sites for hydroxylation is 1. The van der Waals surface area contributed by atoms with E-state index < -0.39 is 0 Å². The standard InChI is InChI=1S/C9H12N4S/c1-13-7-11-9(12-13)5-10-4-8-2-3-14-6-8/h2-3,6-7,10H,4-5H2,1H3. The molecule has 0 atom stereocenters. The van der Waals surface area contributed by atoms with Gasteiger partial charge in [-0.2, -0.15) is 16.4 Å². The summed E-state index contributed by atoms with van der Waals surface area (Å²) >= 11 is 1.71. The van der Waals surface area contributed by atoms with E-state index in [0.29, 0.717) is 0 Å².